The van der Waals surface area contributed by atoms with E-state index in [4.69, 9.17) is 5.73 Å². The average molecular weight is 359 g/mol. The quantitative estimate of drug-likeness (QED) is 0.734. The lowest BCUT2D eigenvalue weighted by Gasteiger charge is -2.21. The second-order valence-corrected chi connectivity index (χ2v) is 5.58. The van der Waals surface area contributed by atoms with Crippen LogP contribution in [0.2, 0.25) is 0 Å². The van der Waals surface area contributed by atoms with Crippen molar-refractivity contribution < 1.29 is 13.2 Å². The number of halogens is 3. The highest BCUT2D eigenvalue weighted by Crippen LogP contribution is 2.32. The van der Waals surface area contributed by atoms with Crippen molar-refractivity contribution >= 4 is 11.9 Å². The molecule has 0 spiro atoms. The molecule has 0 aliphatic carbocycles. The van der Waals surface area contributed by atoms with Gasteiger partial charge in [-0.05, 0) is 29.8 Å². The molecule has 10 heteroatoms. The minimum Gasteiger partial charge on any atom is -0.370 e. The number of aromatic nitrogens is 4. The monoisotopic (exact) mass is 359 g/mol. The van der Waals surface area contributed by atoms with Crippen LogP contribution in [0, 0.1) is 0 Å². The molecule has 1 atom stereocenters. The first-order valence-corrected chi connectivity index (χ1v) is 7.56. The normalized spacial score (nSPS) is 16.6. The summed E-state index contributed by atoms with van der Waals surface area (Å²) in [6, 6.07) is 8.26. The molecule has 7 nitrogen and oxygen atoms in total. The molecule has 132 valence electrons. The van der Waals surface area contributed by atoms with Crippen LogP contribution in [-0.4, -0.2) is 25.7 Å². The average Bonchev–Trinajstić information content (AvgIpc) is 3.05. The van der Waals surface area contributed by atoms with E-state index in [1.165, 1.54) is 16.8 Å². The number of aliphatic imine (C=N–C) groups is 1. The van der Waals surface area contributed by atoms with Gasteiger partial charge in [-0.3, -0.25) is 10.3 Å². The molecule has 1 unspecified atom stereocenters. The van der Waals surface area contributed by atoms with Crippen LogP contribution in [0.15, 0.2) is 53.8 Å². The van der Waals surface area contributed by atoms with Crippen LogP contribution < -0.4 is 11.1 Å². The third-order valence-corrected chi connectivity index (χ3v) is 3.82. The van der Waals surface area contributed by atoms with Gasteiger partial charge in [-0.2, -0.15) is 18.2 Å². The van der Waals surface area contributed by atoms with E-state index in [0.29, 0.717) is 22.9 Å². The maximum atomic E-state index is 12.8. The van der Waals surface area contributed by atoms with Crippen LogP contribution in [0.5, 0.6) is 0 Å². The Kier molecular flexibility index (Phi) is 3.60. The van der Waals surface area contributed by atoms with Crippen molar-refractivity contribution in [3.63, 3.8) is 0 Å². The number of nitrogens with zero attached hydrogens (tertiary/aromatic N) is 5. The number of nitrogens with two attached hydrogens (primary N) is 1. The predicted octanol–water partition coefficient (Wildman–Crippen LogP) is 2.65. The van der Waals surface area contributed by atoms with Crippen molar-refractivity contribution in [3.8, 4) is 11.4 Å². The molecule has 0 radical (unpaired) electrons. The summed E-state index contributed by atoms with van der Waals surface area (Å²) in [6.45, 7) is 0. The van der Waals surface area contributed by atoms with Crippen LogP contribution >= 0.6 is 0 Å². The first-order valence-electron chi connectivity index (χ1n) is 7.56. The third kappa shape index (κ3) is 2.85. The van der Waals surface area contributed by atoms with Crippen LogP contribution in [0.4, 0.5) is 19.1 Å². The van der Waals surface area contributed by atoms with E-state index in [-0.39, 0.29) is 5.96 Å². The molecule has 26 heavy (non-hydrogen) atoms. The number of benzene rings is 1. The van der Waals surface area contributed by atoms with Crippen LogP contribution in [0.25, 0.3) is 11.4 Å². The van der Waals surface area contributed by atoms with E-state index < -0.39 is 17.9 Å². The summed E-state index contributed by atoms with van der Waals surface area (Å²) in [5.74, 6) is 0.858. The number of hydrogen-bond acceptors (Lipinski definition) is 6. The molecule has 0 bridgehead atoms. The van der Waals surface area contributed by atoms with E-state index in [2.05, 4.69) is 25.4 Å². The van der Waals surface area contributed by atoms with E-state index in [1.807, 2.05) is 0 Å². The Balaban J connectivity index is 1.74. The van der Waals surface area contributed by atoms with Gasteiger partial charge in [-0.25, -0.2) is 9.67 Å². The Hall–Kier alpha value is -3.43. The fourth-order valence-electron chi connectivity index (χ4n) is 2.59. The highest BCUT2D eigenvalue weighted by molar-refractivity contribution is 5.92. The number of pyridine rings is 1. The second-order valence-electron chi connectivity index (χ2n) is 5.58. The molecule has 3 aromatic rings. The molecule has 2 aromatic heterocycles. The molecule has 4 rings (SSSR count). The van der Waals surface area contributed by atoms with Gasteiger partial charge in [-0.1, -0.05) is 12.1 Å². The van der Waals surface area contributed by atoms with Gasteiger partial charge in [-0.15, -0.1) is 5.10 Å². The summed E-state index contributed by atoms with van der Waals surface area (Å²) in [4.78, 5) is 12.6. The number of rotatable bonds is 2. The minimum atomic E-state index is -4.40. The van der Waals surface area contributed by atoms with Gasteiger partial charge >= 0.3 is 6.18 Å². The van der Waals surface area contributed by atoms with Gasteiger partial charge < -0.3 is 5.73 Å². The van der Waals surface area contributed by atoms with Gasteiger partial charge in [0.1, 0.15) is 0 Å². The Morgan fingerprint density at radius 2 is 1.88 bits per heavy atom. The van der Waals surface area contributed by atoms with Crippen LogP contribution in [0.3, 0.4) is 0 Å². The van der Waals surface area contributed by atoms with Gasteiger partial charge in [0.25, 0.3) is 0 Å². The van der Waals surface area contributed by atoms with Crippen LogP contribution in [0.1, 0.15) is 17.3 Å². The Labute approximate surface area is 145 Å². The lowest BCUT2D eigenvalue weighted by atomic mass is 10.1. The molecular weight excluding hydrogens is 347 g/mol. The molecule has 0 amide bonds. The van der Waals surface area contributed by atoms with Crippen molar-refractivity contribution in [3.05, 3.63) is 59.9 Å². The second kappa shape index (κ2) is 5.83. The molecule has 0 saturated heterocycles. The highest BCUT2D eigenvalue weighted by Gasteiger charge is 2.31. The Bertz CT molecular complexity index is 962. The van der Waals surface area contributed by atoms with E-state index >= 15 is 0 Å². The van der Waals surface area contributed by atoms with Gasteiger partial charge in [0, 0.05) is 18.0 Å². The zero-order chi connectivity index (χ0) is 18.3. The standard InChI is InChI=1S/C16H12F3N7/c17-16(18,19)11-5-3-9(4-6-11)13-23-14(20)24-15-22-12(25-26(13)15)10-2-1-7-21-8-10/h1-8,13H,(H3,20,22,23,24,25). The Morgan fingerprint density at radius 1 is 1.12 bits per heavy atom. The summed E-state index contributed by atoms with van der Waals surface area (Å²) < 4.78 is 39.8. The number of alkyl halides is 3. The Morgan fingerprint density at radius 3 is 2.54 bits per heavy atom. The van der Waals surface area contributed by atoms with E-state index in [1.54, 1.807) is 24.5 Å². The molecular formula is C16H12F3N7. The van der Waals surface area contributed by atoms with Crippen molar-refractivity contribution in [2.75, 3.05) is 5.32 Å². The van der Waals surface area contributed by atoms with Crippen molar-refractivity contribution in [2.45, 2.75) is 12.3 Å². The fourth-order valence-corrected chi connectivity index (χ4v) is 2.59. The van der Waals surface area contributed by atoms with Crippen molar-refractivity contribution in [1.82, 2.24) is 19.7 Å². The fraction of sp³-hybridized carbons (Fsp3) is 0.125. The molecule has 3 heterocycles. The maximum Gasteiger partial charge on any atom is 0.416 e. The van der Waals surface area contributed by atoms with Gasteiger partial charge in [0.05, 0.1) is 5.56 Å². The zero-order valence-electron chi connectivity index (χ0n) is 13.1. The van der Waals surface area contributed by atoms with Crippen LogP contribution in [-0.2, 0) is 6.18 Å². The van der Waals surface area contributed by atoms with E-state index in [9.17, 15) is 13.2 Å². The number of anilines is 1. The lowest BCUT2D eigenvalue weighted by molar-refractivity contribution is -0.137. The summed E-state index contributed by atoms with van der Waals surface area (Å²) in [6.07, 6.45) is -1.88. The smallest absolute Gasteiger partial charge is 0.370 e. The largest absolute Gasteiger partial charge is 0.416 e. The number of fused-ring (bicyclic) bond motifs is 1. The first kappa shape index (κ1) is 16.1. The van der Waals surface area contributed by atoms with Crippen molar-refractivity contribution in [1.29, 1.82) is 0 Å². The maximum absolute atomic E-state index is 12.8. The molecule has 3 N–H and O–H groups in total. The highest BCUT2D eigenvalue weighted by atomic mass is 19.4. The molecule has 1 aliphatic rings. The summed E-state index contributed by atoms with van der Waals surface area (Å²) in [5.41, 5.74) is 6.26. The first-order chi connectivity index (χ1) is 12.4. The summed E-state index contributed by atoms with van der Waals surface area (Å²) in [7, 11) is 0. The SMILES string of the molecule is NC1=NC(c2ccc(C(F)(F)F)cc2)n2nc(-c3cccnc3)nc2N1. The van der Waals surface area contributed by atoms with Crippen molar-refractivity contribution in [2.24, 2.45) is 10.7 Å². The topological polar surface area (TPSA) is 94.0 Å². The summed E-state index contributed by atoms with van der Waals surface area (Å²) in [5, 5.41) is 7.20. The molecule has 1 aliphatic heterocycles. The zero-order valence-corrected chi connectivity index (χ0v) is 13.1. The molecule has 0 saturated carbocycles. The third-order valence-electron chi connectivity index (χ3n) is 3.82. The molecule has 0 fully saturated rings. The van der Waals surface area contributed by atoms with Gasteiger partial charge in [0.2, 0.25) is 5.95 Å². The summed E-state index contributed by atoms with van der Waals surface area (Å²) >= 11 is 0. The number of hydrogen-bond donors (Lipinski definition) is 2. The van der Waals surface area contributed by atoms with Gasteiger partial charge in [0.15, 0.2) is 17.9 Å². The molecule has 1 aromatic carbocycles. The lowest BCUT2D eigenvalue weighted by Crippen LogP contribution is -2.32. The minimum absolute atomic E-state index is 0.104. The number of nitrogens with one attached hydrogen (secondary N) is 1. The van der Waals surface area contributed by atoms with E-state index in [0.717, 1.165) is 12.1 Å². The predicted molar refractivity (Wildman–Crippen MR) is 88.1 cm³/mol. The number of guanidine groups is 1.